The average molecular weight is 429 g/mol. The number of halogens is 1. The summed E-state index contributed by atoms with van der Waals surface area (Å²) >= 11 is 0. The molecule has 0 radical (unpaired) electrons. The van der Waals surface area contributed by atoms with Gasteiger partial charge in [0.15, 0.2) is 5.82 Å². The van der Waals surface area contributed by atoms with Crippen LogP contribution >= 0.6 is 0 Å². The van der Waals surface area contributed by atoms with Crippen molar-refractivity contribution in [3.8, 4) is 0 Å². The number of hydrogen-bond donors (Lipinski definition) is 1. The number of carbonyl (C=O) groups excluding carboxylic acids is 1. The molecular formula is C12H20IN3O4S. The Morgan fingerprint density at radius 2 is 2.29 bits per heavy atom. The summed E-state index contributed by atoms with van der Waals surface area (Å²) in [5.74, 6) is 0.0291. The lowest BCUT2D eigenvalue weighted by Gasteiger charge is -2.15. The van der Waals surface area contributed by atoms with Gasteiger partial charge in [0.05, 0.1) is 17.4 Å². The van der Waals surface area contributed by atoms with E-state index in [2.05, 4.69) is 11.9 Å². The molecule has 0 aliphatic carbocycles. The van der Waals surface area contributed by atoms with E-state index in [1.165, 1.54) is 0 Å². The zero-order valence-corrected chi connectivity index (χ0v) is 15.1. The van der Waals surface area contributed by atoms with Crippen LogP contribution in [-0.2, 0) is 20.4 Å². The number of hydrogen-bond acceptors (Lipinski definition) is 6. The lowest BCUT2D eigenvalue weighted by molar-refractivity contribution is -0.423. The van der Waals surface area contributed by atoms with E-state index in [4.69, 9.17) is 4.74 Å². The summed E-state index contributed by atoms with van der Waals surface area (Å²) in [5, 5.41) is 14.0. The van der Waals surface area contributed by atoms with Gasteiger partial charge in [0.1, 0.15) is 12.4 Å². The molecule has 0 atom stereocenters. The molecule has 0 bridgehead atoms. The monoisotopic (exact) mass is 429 g/mol. The zero-order valence-electron chi connectivity index (χ0n) is 12.1. The van der Waals surface area contributed by atoms with Crippen LogP contribution in [0.4, 0.5) is 0 Å². The number of nitrogens with one attached hydrogen (secondary N) is 1. The summed E-state index contributed by atoms with van der Waals surface area (Å²) < 4.78 is 4.99. The molecule has 7 nitrogen and oxygen atoms in total. The third kappa shape index (κ3) is 6.12. The molecule has 0 saturated carbocycles. The van der Waals surface area contributed by atoms with Crippen LogP contribution in [0.5, 0.6) is 0 Å². The summed E-state index contributed by atoms with van der Waals surface area (Å²) in [6.07, 6.45) is 5.67. The molecule has 1 N–H and O–H groups in total. The maximum absolute atomic E-state index is 11.9. The van der Waals surface area contributed by atoms with Gasteiger partial charge in [0, 0.05) is 19.6 Å². The maximum Gasteiger partial charge on any atom is 0.414 e. The van der Waals surface area contributed by atoms with Crippen molar-refractivity contribution >= 4 is 16.9 Å². The van der Waals surface area contributed by atoms with Crippen molar-refractivity contribution in [3.05, 3.63) is 34.3 Å². The summed E-state index contributed by atoms with van der Waals surface area (Å²) in [6, 6.07) is 0. The lowest BCUT2D eigenvalue weighted by Crippen LogP contribution is -3.00. The highest BCUT2D eigenvalue weighted by Crippen LogP contribution is 2.14. The van der Waals surface area contributed by atoms with Crippen molar-refractivity contribution in [1.82, 2.24) is 10.2 Å². The molecule has 1 fully saturated rings. The minimum absolute atomic E-state index is 0. The summed E-state index contributed by atoms with van der Waals surface area (Å²) in [7, 11) is 0.130. The minimum Gasteiger partial charge on any atom is -1.00 e. The van der Waals surface area contributed by atoms with Crippen LogP contribution in [0.1, 0.15) is 0 Å². The van der Waals surface area contributed by atoms with Gasteiger partial charge in [-0.2, -0.15) is 0 Å². The van der Waals surface area contributed by atoms with E-state index in [9.17, 15) is 14.9 Å². The van der Waals surface area contributed by atoms with Gasteiger partial charge in [-0.3, -0.25) is 10.1 Å². The van der Waals surface area contributed by atoms with E-state index in [0.29, 0.717) is 25.4 Å². The van der Waals surface area contributed by atoms with E-state index < -0.39 is 16.6 Å². The molecule has 0 aromatic rings. The lowest BCUT2D eigenvalue weighted by atomic mass is 10.4. The SMILES string of the molecule is C=CCN1CCNC1=C(C(=O)OCC[S+](C)C)[N+](=O)[O-].[I-]. The Balaban J connectivity index is 0.00000400. The van der Waals surface area contributed by atoms with Crippen LogP contribution in [0.2, 0.25) is 0 Å². The molecule has 9 heteroatoms. The van der Waals surface area contributed by atoms with Gasteiger partial charge in [-0.25, -0.2) is 4.79 Å². The summed E-state index contributed by atoms with van der Waals surface area (Å²) in [4.78, 5) is 24.0. The second kappa shape index (κ2) is 9.87. The molecule has 1 aliphatic rings. The van der Waals surface area contributed by atoms with Gasteiger partial charge < -0.3 is 38.9 Å². The topological polar surface area (TPSA) is 84.7 Å². The number of nitrogens with zero attached hydrogens (tertiary/aromatic N) is 2. The number of rotatable bonds is 7. The molecule has 1 aliphatic heterocycles. The Morgan fingerprint density at radius 3 is 2.81 bits per heavy atom. The average Bonchev–Trinajstić information content (AvgIpc) is 2.77. The molecule has 0 amide bonds. The number of nitro groups is 1. The molecule has 0 aromatic carbocycles. The Labute approximate surface area is 144 Å². The second-order valence-corrected chi connectivity index (χ2v) is 6.82. The number of ether oxygens (including phenoxy) is 1. The Morgan fingerprint density at radius 1 is 1.62 bits per heavy atom. The van der Waals surface area contributed by atoms with Crippen molar-refractivity contribution < 1.29 is 38.4 Å². The molecule has 0 spiro atoms. The first-order valence-corrected chi connectivity index (χ1v) is 8.38. The predicted molar refractivity (Wildman–Crippen MR) is 78.8 cm³/mol. The molecule has 1 rings (SSSR count). The van der Waals surface area contributed by atoms with E-state index in [1.807, 2.05) is 12.5 Å². The molecule has 1 saturated heterocycles. The quantitative estimate of drug-likeness (QED) is 0.0881. The van der Waals surface area contributed by atoms with Crippen LogP contribution in [0.15, 0.2) is 24.2 Å². The maximum atomic E-state index is 11.9. The highest BCUT2D eigenvalue weighted by Gasteiger charge is 2.34. The van der Waals surface area contributed by atoms with E-state index in [-0.39, 0.29) is 47.3 Å². The Bertz CT molecular complexity index is 429. The first-order chi connectivity index (χ1) is 9.47. The number of carbonyl (C=O) groups is 1. The first-order valence-electron chi connectivity index (χ1n) is 6.17. The van der Waals surface area contributed by atoms with Gasteiger partial charge in [0.2, 0.25) is 0 Å². The summed E-state index contributed by atoms with van der Waals surface area (Å²) in [6.45, 7) is 5.39. The van der Waals surface area contributed by atoms with Crippen molar-refractivity contribution in [2.45, 2.75) is 0 Å². The van der Waals surface area contributed by atoms with Gasteiger partial charge in [-0.15, -0.1) is 6.58 Å². The van der Waals surface area contributed by atoms with Gasteiger partial charge in [-0.05, 0) is 10.9 Å². The third-order valence-corrected chi connectivity index (χ3v) is 3.65. The smallest absolute Gasteiger partial charge is 0.414 e. The van der Waals surface area contributed by atoms with E-state index >= 15 is 0 Å². The molecule has 120 valence electrons. The molecule has 0 aromatic heterocycles. The fourth-order valence-corrected chi connectivity index (χ4v) is 2.15. The van der Waals surface area contributed by atoms with Crippen molar-refractivity contribution in [3.63, 3.8) is 0 Å². The first kappa shape index (κ1) is 20.0. The predicted octanol–water partition coefficient (Wildman–Crippen LogP) is -3.05. The van der Waals surface area contributed by atoms with Crippen molar-refractivity contribution in [1.29, 1.82) is 0 Å². The second-order valence-electron chi connectivity index (χ2n) is 4.44. The van der Waals surface area contributed by atoms with Crippen LogP contribution in [-0.4, -0.2) is 60.3 Å². The van der Waals surface area contributed by atoms with Crippen molar-refractivity contribution in [2.75, 3.05) is 44.5 Å². The van der Waals surface area contributed by atoms with Crippen LogP contribution in [0.25, 0.3) is 0 Å². The molecule has 1 heterocycles. The van der Waals surface area contributed by atoms with Crippen LogP contribution in [0, 0.1) is 10.1 Å². The zero-order chi connectivity index (χ0) is 15.1. The van der Waals surface area contributed by atoms with Gasteiger partial charge in [0.25, 0.3) is 0 Å². The minimum atomic E-state index is -0.890. The van der Waals surface area contributed by atoms with E-state index in [1.54, 1.807) is 11.0 Å². The van der Waals surface area contributed by atoms with Gasteiger partial charge in [-0.1, -0.05) is 6.08 Å². The fourth-order valence-electron chi connectivity index (χ4n) is 1.73. The Hall–Kier alpha value is -0.970. The Kier molecular flexibility index (Phi) is 9.42. The molecule has 21 heavy (non-hydrogen) atoms. The van der Waals surface area contributed by atoms with Crippen LogP contribution < -0.4 is 29.3 Å². The van der Waals surface area contributed by atoms with Crippen LogP contribution in [0.3, 0.4) is 0 Å². The highest BCUT2D eigenvalue weighted by atomic mass is 127. The number of esters is 1. The highest BCUT2D eigenvalue weighted by molar-refractivity contribution is 7.95. The fraction of sp³-hybridized carbons (Fsp3) is 0.583. The normalized spacial score (nSPS) is 16.0. The largest absolute Gasteiger partial charge is 1.00 e. The molecular weight excluding hydrogens is 409 g/mol. The van der Waals surface area contributed by atoms with E-state index in [0.717, 1.165) is 0 Å². The molecule has 0 unspecified atom stereocenters. The third-order valence-electron chi connectivity index (χ3n) is 2.66. The summed E-state index contributed by atoms with van der Waals surface area (Å²) in [5.41, 5.74) is -0.531. The standard InChI is InChI=1S/C12H19N3O4S.HI/c1-4-6-14-7-5-13-11(14)10(15(17)18)12(16)19-8-9-20(2)3;/h4H,1,5-9H2,2-3H3;1H. The van der Waals surface area contributed by atoms with Crippen molar-refractivity contribution in [2.24, 2.45) is 0 Å². The van der Waals surface area contributed by atoms with Gasteiger partial charge >= 0.3 is 11.7 Å².